The largest absolute Gasteiger partial charge is 0.480 e. The minimum Gasteiger partial charge on any atom is -0.480 e. The van der Waals surface area contributed by atoms with Gasteiger partial charge in [0.1, 0.15) is 6.54 Å². The first-order valence-electron chi connectivity index (χ1n) is 5.74. The molecule has 6 nitrogen and oxygen atoms in total. The summed E-state index contributed by atoms with van der Waals surface area (Å²) < 4.78 is 0. The van der Waals surface area contributed by atoms with E-state index < -0.39 is 11.9 Å². The molecule has 0 radical (unpaired) electrons. The molecule has 19 heavy (non-hydrogen) atoms. The number of nitrogens with zero attached hydrogens (tertiary/aromatic N) is 1. The van der Waals surface area contributed by atoms with Crippen LogP contribution in [0.25, 0.3) is 0 Å². The second-order valence-corrected chi connectivity index (χ2v) is 5.12. The number of carboxylic acid groups (broad SMARTS) is 1. The molecule has 1 aromatic heterocycles. The van der Waals surface area contributed by atoms with Gasteiger partial charge in [0, 0.05) is 6.04 Å². The lowest BCUT2D eigenvalue weighted by Crippen LogP contribution is -2.45. The maximum atomic E-state index is 11.8. The first kappa shape index (κ1) is 15.2. The maximum absolute atomic E-state index is 11.8. The van der Waals surface area contributed by atoms with Crippen LogP contribution in [-0.2, 0) is 9.59 Å². The van der Waals surface area contributed by atoms with E-state index in [1.807, 2.05) is 0 Å². The van der Waals surface area contributed by atoms with Crippen LogP contribution in [0.5, 0.6) is 0 Å². The zero-order chi connectivity index (χ0) is 14.4. The van der Waals surface area contributed by atoms with Gasteiger partial charge in [0.05, 0.1) is 11.4 Å². The summed E-state index contributed by atoms with van der Waals surface area (Å²) >= 11 is 1.28. The van der Waals surface area contributed by atoms with Crippen LogP contribution >= 0.6 is 11.3 Å². The van der Waals surface area contributed by atoms with Gasteiger partial charge in [-0.3, -0.25) is 14.4 Å². The molecule has 0 aliphatic rings. The molecule has 0 unspecified atom stereocenters. The van der Waals surface area contributed by atoms with Crippen molar-refractivity contribution >= 4 is 29.1 Å². The van der Waals surface area contributed by atoms with Crippen LogP contribution in [0.3, 0.4) is 0 Å². The van der Waals surface area contributed by atoms with Gasteiger partial charge in [-0.25, -0.2) is 0 Å². The number of carbonyl (C=O) groups excluding carboxylic acids is 2. The molecule has 0 bridgehead atoms. The van der Waals surface area contributed by atoms with Crippen molar-refractivity contribution in [2.75, 3.05) is 13.1 Å². The fourth-order valence-corrected chi connectivity index (χ4v) is 2.10. The summed E-state index contributed by atoms with van der Waals surface area (Å²) in [6.45, 7) is 2.87. The summed E-state index contributed by atoms with van der Waals surface area (Å²) in [6.07, 6.45) is 0. The van der Waals surface area contributed by atoms with E-state index in [4.69, 9.17) is 5.11 Å². The molecule has 0 saturated heterocycles. The highest BCUT2D eigenvalue weighted by Crippen LogP contribution is 2.07. The molecule has 0 aliphatic carbocycles. The number of hydrogen-bond acceptors (Lipinski definition) is 4. The molecule has 0 atom stereocenters. The van der Waals surface area contributed by atoms with E-state index in [-0.39, 0.29) is 25.0 Å². The molecule has 1 heterocycles. The van der Waals surface area contributed by atoms with Gasteiger partial charge in [0.2, 0.25) is 5.91 Å². The van der Waals surface area contributed by atoms with E-state index in [0.29, 0.717) is 4.88 Å². The standard InChI is InChI=1S/C12H16N2O4S/c1-8(2)14(7-11(16)17)10(15)6-13-12(18)9-4-3-5-19-9/h3-5,8H,6-7H2,1-2H3,(H,13,18)(H,16,17). The van der Waals surface area contributed by atoms with Crippen LogP contribution in [0, 0.1) is 0 Å². The van der Waals surface area contributed by atoms with E-state index in [0.717, 1.165) is 0 Å². The van der Waals surface area contributed by atoms with Crippen molar-refractivity contribution in [1.29, 1.82) is 0 Å². The first-order valence-corrected chi connectivity index (χ1v) is 6.62. The van der Waals surface area contributed by atoms with Crippen LogP contribution in [0.15, 0.2) is 17.5 Å². The van der Waals surface area contributed by atoms with Gasteiger partial charge < -0.3 is 15.3 Å². The fourth-order valence-electron chi connectivity index (χ4n) is 1.46. The Bertz CT molecular complexity index is 456. The van der Waals surface area contributed by atoms with E-state index in [2.05, 4.69) is 5.32 Å². The van der Waals surface area contributed by atoms with Gasteiger partial charge in [-0.2, -0.15) is 0 Å². The Morgan fingerprint density at radius 1 is 1.42 bits per heavy atom. The number of aliphatic carboxylic acids is 1. The number of rotatable bonds is 6. The smallest absolute Gasteiger partial charge is 0.323 e. The molecule has 0 saturated carbocycles. The van der Waals surface area contributed by atoms with Crippen molar-refractivity contribution in [1.82, 2.24) is 10.2 Å². The summed E-state index contributed by atoms with van der Waals surface area (Å²) in [5.74, 6) is -1.82. The Kier molecular flexibility index (Phi) is 5.50. The van der Waals surface area contributed by atoms with Crippen LogP contribution in [0.1, 0.15) is 23.5 Å². The Hall–Kier alpha value is -1.89. The molecule has 2 amide bonds. The van der Waals surface area contributed by atoms with Gasteiger partial charge in [-0.05, 0) is 25.3 Å². The number of thiophene rings is 1. The van der Waals surface area contributed by atoms with Gasteiger partial charge in [0.15, 0.2) is 0 Å². The Morgan fingerprint density at radius 3 is 2.58 bits per heavy atom. The number of carboxylic acids is 1. The van der Waals surface area contributed by atoms with E-state index in [1.54, 1.807) is 31.4 Å². The fraction of sp³-hybridized carbons (Fsp3) is 0.417. The second kappa shape index (κ2) is 6.89. The third-order valence-electron chi connectivity index (χ3n) is 2.39. The first-order chi connectivity index (χ1) is 8.91. The van der Waals surface area contributed by atoms with Gasteiger partial charge >= 0.3 is 5.97 Å². The van der Waals surface area contributed by atoms with Crippen LogP contribution in [-0.4, -0.2) is 46.9 Å². The van der Waals surface area contributed by atoms with E-state index in [1.165, 1.54) is 16.2 Å². The molecular formula is C12H16N2O4S. The monoisotopic (exact) mass is 284 g/mol. The number of hydrogen-bond donors (Lipinski definition) is 2. The van der Waals surface area contributed by atoms with Crippen molar-refractivity contribution in [3.05, 3.63) is 22.4 Å². The molecule has 104 valence electrons. The highest BCUT2D eigenvalue weighted by Gasteiger charge is 2.20. The van der Waals surface area contributed by atoms with Gasteiger partial charge in [-0.15, -0.1) is 11.3 Å². The minimum absolute atomic E-state index is 0.206. The van der Waals surface area contributed by atoms with E-state index >= 15 is 0 Å². The van der Waals surface area contributed by atoms with Crippen molar-refractivity contribution in [3.63, 3.8) is 0 Å². The lowest BCUT2D eigenvalue weighted by atomic mass is 10.3. The van der Waals surface area contributed by atoms with Gasteiger partial charge in [0.25, 0.3) is 5.91 Å². The van der Waals surface area contributed by atoms with Crippen LogP contribution < -0.4 is 5.32 Å². The normalized spacial score (nSPS) is 10.3. The number of amides is 2. The molecule has 2 N–H and O–H groups in total. The summed E-state index contributed by atoms with van der Waals surface area (Å²) in [7, 11) is 0. The minimum atomic E-state index is -1.08. The molecule has 7 heteroatoms. The molecule has 0 spiro atoms. The average Bonchev–Trinajstić information content (AvgIpc) is 2.85. The Morgan fingerprint density at radius 2 is 2.11 bits per heavy atom. The summed E-state index contributed by atoms with van der Waals surface area (Å²) in [6, 6.07) is 3.16. The van der Waals surface area contributed by atoms with Crippen LogP contribution in [0.2, 0.25) is 0 Å². The second-order valence-electron chi connectivity index (χ2n) is 4.17. The highest BCUT2D eigenvalue weighted by atomic mass is 32.1. The third kappa shape index (κ3) is 4.70. The number of nitrogens with one attached hydrogen (secondary N) is 1. The summed E-state index contributed by atoms with van der Waals surface area (Å²) in [5, 5.41) is 13.0. The lowest BCUT2D eigenvalue weighted by molar-refractivity contribution is -0.145. The van der Waals surface area contributed by atoms with Gasteiger partial charge in [-0.1, -0.05) is 6.07 Å². The molecule has 0 fully saturated rings. The topological polar surface area (TPSA) is 86.7 Å². The summed E-state index contributed by atoms with van der Waals surface area (Å²) in [4.78, 5) is 35.9. The van der Waals surface area contributed by atoms with Crippen LogP contribution in [0.4, 0.5) is 0 Å². The summed E-state index contributed by atoms with van der Waals surface area (Å²) in [5.41, 5.74) is 0. The third-order valence-corrected chi connectivity index (χ3v) is 3.26. The predicted octanol–water partition coefficient (Wildman–Crippen LogP) is 0.800. The van der Waals surface area contributed by atoms with Crippen molar-refractivity contribution in [2.24, 2.45) is 0 Å². The molecule has 1 rings (SSSR count). The Balaban J connectivity index is 2.53. The van der Waals surface area contributed by atoms with E-state index in [9.17, 15) is 14.4 Å². The lowest BCUT2D eigenvalue weighted by Gasteiger charge is -2.24. The van der Waals surface area contributed by atoms with Crippen molar-refractivity contribution in [3.8, 4) is 0 Å². The average molecular weight is 284 g/mol. The predicted molar refractivity (Wildman–Crippen MR) is 71.1 cm³/mol. The molecule has 0 aromatic carbocycles. The zero-order valence-corrected chi connectivity index (χ0v) is 11.6. The quantitative estimate of drug-likeness (QED) is 0.809. The highest BCUT2D eigenvalue weighted by molar-refractivity contribution is 7.12. The molecular weight excluding hydrogens is 268 g/mol. The number of carbonyl (C=O) groups is 3. The van der Waals surface area contributed by atoms with Crippen molar-refractivity contribution in [2.45, 2.75) is 19.9 Å². The Labute approximate surface area is 115 Å². The van der Waals surface area contributed by atoms with Crippen molar-refractivity contribution < 1.29 is 19.5 Å². The zero-order valence-electron chi connectivity index (χ0n) is 10.8. The maximum Gasteiger partial charge on any atom is 0.323 e. The SMILES string of the molecule is CC(C)N(CC(=O)O)C(=O)CNC(=O)c1cccs1. The molecule has 0 aliphatic heterocycles. The molecule has 1 aromatic rings.